The van der Waals surface area contributed by atoms with E-state index in [-0.39, 0.29) is 31.5 Å². The zero-order valence-electron chi connectivity index (χ0n) is 29.0. The molecule has 50 heavy (non-hydrogen) atoms. The van der Waals surface area contributed by atoms with Crippen LogP contribution in [0.5, 0.6) is 0 Å². The topological polar surface area (TPSA) is 152 Å². The first kappa shape index (κ1) is 38.0. The molecule has 0 spiro atoms. The molecule has 0 bridgehead atoms. The van der Waals surface area contributed by atoms with Crippen molar-refractivity contribution in [2.45, 2.75) is 90.3 Å². The molecular formula is C38H47N5O6S. The smallest absolute Gasteiger partial charge is 0.408 e. The highest BCUT2D eigenvalue weighted by atomic mass is 32.1. The second-order valence-corrected chi connectivity index (χ2v) is 13.7. The van der Waals surface area contributed by atoms with Gasteiger partial charge in [0.1, 0.15) is 19.3 Å². The highest BCUT2D eigenvalue weighted by Gasteiger charge is 2.31. The molecule has 4 atom stereocenters. The predicted octanol–water partition coefficient (Wildman–Crippen LogP) is 5.93. The molecule has 2 heterocycles. The molecule has 0 unspecified atom stereocenters. The van der Waals surface area contributed by atoms with Crippen LogP contribution in [0.4, 0.5) is 9.59 Å². The summed E-state index contributed by atoms with van der Waals surface area (Å²) >= 11 is 1.51. The minimum Gasteiger partial charge on any atom is -0.445 e. The van der Waals surface area contributed by atoms with Gasteiger partial charge in [-0.1, -0.05) is 94.4 Å². The first-order valence-electron chi connectivity index (χ1n) is 16.8. The number of pyridine rings is 1. The van der Waals surface area contributed by atoms with Crippen molar-refractivity contribution in [2.75, 3.05) is 0 Å². The van der Waals surface area contributed by atoms with Gasteiger partial charge in [-0.05, 0) is 42.4 Å². The number of hydrogen-bond acceptors (Lipinski definition) is 9. The highest BCUT2D eigenvalue weighted by Crippen LogP contribution is 2.20. The Bertz CT molecular complexity index is 1620. The van der Waals surface area contributed by atoms with E-state index < -0.39 is 42.3 Å². The van der Waals surface area contributed by atoms with Crippen LogP contribution in [0.25, 0.3) is 0 Å². The SMILES string of the molecule is CC(C)c1nc(COC(=O)N[C@H](C(=O)N[C@@H](Cc2ccccc2)[C@@H](O)C[C@H](Cc2ccccc2)NC(=O)OCc2cccnc2)C(C)C)cs1. The van der Waals surface area contributed by atoms with Gasteiger partial charge in [0.25, 0.3) is 0 Å². The van der Waals surface area contributed by atoms with Crippen molar-refractivity contribution in [3.8, 4) is 0 Å². The number of nitrogens with zero attached hydrogens (tertiary/aromatic N) is 2. The lowest BCUT2D eigenvalue weighted by atomic mass is 9.93. The van der Waals surface area contributed by atoms with E-state index in [2.05, 4.69) is 25.9 Å². The number of aromatic nitrogens is 2. The van der Waals surface area contributed by atoms with Crippen molar-refractivity contribution in [2.24, 2.45) is 5.92 Å². The fourth-order valence-corrected chi connectivity index (χ4v) is 6.13. The number of aliphatic hydroxyl groups is 1. The Morgan fingerprint density at radius 2 is 1.40 bits per heavy atom. The first-order valence-corrected chi connectivity index (χ1v) is 17.7. The quantitative estimate of drug-likeness (QED) is 0.106. The van der Waals surface area contributed by atoms with E-state index in [1.54, 1.807) is 18.5 Å². The van der Waals surface area contributed by atoms with Gasteiger partial charge in [-0.25, -0.2) is 14.6 Å². The van der Waals surface area contributed by atoms with E-state index in [1.807, 2.05) is 99.8 Å². The number of rotatable bonds is 17. The fourth-order valence-electron chi connectivity index (χ4n) is 5.31. The lowest BCUT2D eigenvalue weighted by molar-refractivity contribution is -0.125. The molecule has 0 aliphatic heterocycles. The van der Waals surface area contributed by atoms with Crippen molar-refractivity contribution in [3.63, 3.8) is 0 Å². The molecule has 0 aliphatic rings. The van der Waals surface area contributed by atoms with Gasteiger partial charge >= 0.3 is 12.2 Å². The first-order chi connectivity index (χ1) is 24.1. The number of thiazole rings is 1. The summed E-state index contributed by atoms with van der Waals surface area (Å²) in [6.07, 6.45) is 1.66. The number of alkyl carbamates (subject to hydrolysis) is 2. The van der Waals surface area contributed by atoms with Crippen molar-refractivity contribution < 1.29 is 29.0 Å². The molecule has 0 fully saturated rings. The normalized spacial score (nSPS) is 13.6. The lowest BCUT2D eigenvalue weighted by Crippen LogP contribution is -2.56. The van der Waals surface area contributed by atoms with Crippen LogP contribution in [0.2, 0.25) is 0 Å². The van der Waals surface area contributed by atoms with Crippen LogP contribution < -0.4 is 16.0 Å². The zero-order chi connectivity index (χ0) is 35.9. The molecule has 3 amide bonds. The third-order valence-corrected chi connectivity index (χ3v) is 9.19. The molecule has 0 aliphatic carbocycles. The largest absolute Gasteiger partial charge is 0.445 e. The van der Waals surface area contributed by atoms with Crippen LogP contribution >= 0.6 is 11.3 Å². The summed E-state index contributed by atoms with van der Waals surface area (Å²) in [4.78, 5) is 48.0. The molecule has 266 valence electrons. The summed E-state index contributed by atoms with van der Waals surface area (Å²) in [6.45, 7) is 7.75. The molecule has 4 aromatic rings. The highest BCUT2D eigenvalue weighted by molar-refractivity contribution is 7.09. The Morgan fingerprint density at radius 3 is 2.00 bits per heavy atom. The number of amides is 3. The molecule has 0 saturated carbocycles. The van der Waals surface area contributed by atoms with Crippen LogP contribution in [0, 0.1) is 5.92 Å². The molecular weight excluding hydrogens is 655 g/mol. The standard InChI is InChI=1S/C38H47N5O6S/c1-25(2)34(43-38(47)49-23-31-24-50-36(40-31)26(3)4)35(45)42-32(19-28-14-9-6-10-15-28)33(44)20-30(18-27-12-7-5-8-13-27)41-37(46)48-22-29-16-11-17-39-21-29/h5-17,21,24-26,30,32-34,44H,18-20,22-23H2,1-4H3,(H,41,46)(H,42,45)(H,43,47)/t30-,32-,33-,34-/m0/s1. The van der Waals surface area contributed by atoms with Gasteiger partial charge in [-0.3, -0.25) is 9.78 Å². The average molecular weight is 702 g/mol. The van der Waals surface area contributed by atoms with Gasteiger partial charge in [0.05, 0.1) is 22.8 Å². The number of ether oxygens (including phenoxy) is 2. The maximum Gasteiger partial charge on any atom is 0.408 e. The van der Waals surface area contributed by atoms with Crippen molar-refractivity contribution in [3.05, 3.63) is 118 Å². The van der Waals surface area contributed by atoms with Crippen LogP contribution in [-0.2, 0) is 40.3 Å². The predicted molar refractivity (Wildman–Crippen MR) is 192 cm³/mol. The number of hydrogen-bond donors (Lipinski definition) is 4. The third-order valence-electron chi connectivity index (χ3n) is 7.99. The Kier molecular flexibility index (Phi) is 14.7. The zero-order valence-corrected chi connectivity index (χ0v) is 29.8. The van der Waals surface area contributed by atoms with Crippen molar-refractivity contribution in [1.82, 2.24) is 25.9 Å². The van der Waals surface area contributed by atoms with Crippen LogP contribution in [0.1, 0.15) is 67.4 Å². The maximum atomic E-state index is 13.8. The summed E-state index contributed by atoms with van der Waals surface area (Å²) in [6, 6.07) is 20.5. The van der Waals surface area contributed by atoms with Gasteiger partial charge in [0.15, 0.2) is 0 Å². The van der Waals surface area contributed by atoms with Gasteiger partial charge < -0.3 is 30.5 Å². The van der Waals surface area contributed by atoms with E-state index in [0.29, 0.717) is 18.5 Å². The number of benzene rings is 2. The second kappa shape index (κ2) is 19.4. The Hall–Kier alpha value is -4.81. The molecule has 0 radical (unpaired) electrons. The maximum absolute atomic E-state index is 13.8. The van der Waals surface area contributed by atoms with E-state index >= 15 is 0 Å². The summed E-state index contributed by atoms with van der Waals surface area (Å²) < 4.78 is 10.9. The Labute approximate surface area is 297 Å². The molecule has 0 saturated heterocycles. The Balaban J connectivity index is 1.45. The van der Waals surface area contributed by atoms with Crippen LogP contribution in [0.15, 0.2) is 90.6 Å². The molecule has 2 aromatic heterocycles. The minimum atomic E-state index is -1.08. The summed E-state index contributed by atoms with van der Waals surface area (Å²) in [7, 11) is 0. The number of carbonyl (C=O) groups excluding carboxylic acids is 3. The second-order valence-electron chi connectivity index (χ2n) is 12.9. The van der Waals surface area contributed by atoms with E-state index in [9.17, 15) is 19.5 Å². The van der Waals surface area contributed by atoms with E-state index in [1.165, 1.54) is 11.3 Å². The molecule has 11 nitrogen and oxygen atoms in total. The molecule has 2 aromatic carbocycles. The number of nitrogens with one attached hydrogen (secondary N) is 3. The summed E-state index contributed by atoms with van der Waals surface area (Å²) in [5, 5.41) is 23.1. The molecule has 4 rings (SSSR count). The van der Waals surface area contributed by atoms with Gasteiger partial charge in [-0.2, -0.15) is 0 Å². The van der Waals surface area contributed by atoms with Crippen LogP contribution in [-0.4, -0.2) is 57.4 Å². The van der Waals surface area contributed by atoms with E-state index in [4.69, 9.17) is 9.47 Å². The average Bonchev–Trinajstić information content (AvgIpc) is 3.59. The van der Waals surface area contributed by atoms with Crippen LogP contribution in [0.3, 0.4) is 0 Å². The van der Waals surface area contributed by atoms with Gasteiger partial charge in [0.2, 0.25) is 5.91 Å². The Morgan fingerprint density at radius 1 is 0.780 bits per heavy atom. The summed E-state index contributed by atoms with van der Waals surface area (Å²) in [5.41, 5.74) is 3.25. The lowest BCUT2D eigenvalue weighted by Gasteiger charge is -2.30. The van der Waals surface area contributed by atoms with Crippen molar-refractivity contribution in [1.29, 1.82) is 0 Å². The fraction of sp³-hybridized carbons (Fsp3) is 0.395. The summed E-state index contributed by atoms with van der Waals surface area (Å²) in [5.74, 6) is -0.478. The van der Waals surface area contributed by atoms with Gasteiger partial charge in [-0.15, -0.1) is 11.3 Å². The van der Waals surface area contributed by atoms with Gasteiger partial charge in [0, 0.05) is 35.3 Å². The number of aliphatic hydroxyl groups excluding tert-OH is 1. The van der Waals surface area contributed by atoms with Crippen molar-refractivity contribution >= 4 is 29.4 Å². The third kappa shape index (κ3) is 12.6. The molecule has 4 N–H and O–H groups in total. The number of carbonyl (C=O) groups is 3. The van der Waals surface area contributed by atoms with E-state index in [0.717, 1.165) is 21.7 Å². The minimum absolute atomic E-state index is 0.0166. The monoisotopic (exact) mass is 701 g/mol. The molecule has 12 heteroatoms.